The Morgan fingerprint density at radius 2 is 1.67 bits per heavy atom. The quantitative estimate of drug-likeness (QED) is 0.460. The molecule has 1 aromatic heterocycles. The molecule has 0 aliphatic rings. The molecule has 0 radical (unpaired) electrons. The Bertz CT molecular complexity index is 931. The van der Waals surface area contributed by atoms with Crippen molar-refractivity contribution in [2.45, 2.75) is 6.54 Å². The van der Waals surface area contributed by atoms with Crippen molar-refractivity contribution in [3.05, 3.63) is 83.5 Å². The Morgan fingerprint density at radius 3 is 2.62 bits per heavy atom. The molecular formula is C19H14ClN. The maximum absolute atomic E-state index is 6.13. The average molecular weight is 292 g/mol. The maximum atomic E-state index is 6.13. The van der Waals surface area contributed by atoms with Gasteiger partial charge in [0, 0.05) is 23.3 Å². The van der Waals surface area contributed by atoms with Crippen molar-refractivity contribution in [2.24, 2.45) is 0 Å². The van der Waals surface area contributed by atoms with Gasteiger partial charge in [0.25, 0.3) is 0 Å². The van der Waals surface area contributed by atoms with Crippen LogP contribution in [0.1, 0.15) is 5.56 Å². The first-order valence-corrected chi connectivity index (χ1v) is 7.40. The van der Waals surface area contributed by atoms with Gasteiger partial charge in [0.05, 0.1) is 0 Å². The molecule has 2 heteroatoms. The third kappa shape index (κ3) is 2.20. The zero-order valence-electron chi connectivity index (χ0n) is 11.5. The minimum Gasteiger partial charge on any atom is -0.343 e. The molecule has 0 aliphatic carbocycles. The maximum Gasteiger partial charge on any atom is 0.0498 e. The molecular weight excluding hydrogens is 278 g/mol. The number of rotatable bonds is 2. The van der Waals surface area contributed by atoms with Crippen LogP contribution < -0.4 is 0 Å². The van der Waals surface area contributed by atoms with E-state index < -0.39 is 0 Å². The number of nitrogens with zero attached hydrogens (tertiary/aromatic N) is 1. The minimum atomic E-state index is 0.778. The summed E-state index contributed by atoms with van der Waals surface area (Å²) in [6.45, 7) is 0.852. The van der Waals surface area contributed by atoms with Gasteiger partial charge >= 0.3 is 0 Å². The minimum absolute atomic E-state index is 0.778. The SMILES string of the molecule is Clc1ccc2ccn(Cc3cccc4ccccc34)c2c1. The van der Waals surface area contributed by atoms with E-state index >= 15 is 0 Å². The van der Waals surface area contributed by atoms with Crippen molar-refractivity contribution in [3.8, 4) is 0 Å². The third-order valence-corrected chi connectivity index (χ3v) is 4.19. The topological polar surface area (TPSA) is 4.93 Å². The van der Waals surface area contributed by atoms with Gasteiger partial charge in [0.1, 0.15) is 0 Å². The van der Waals surface area contributed by atoms with E-state index in [-0.39, 0.29) is 0 Å². The smallest absolute Gasteiger partial charge is 0.0498 e. The molecule has 0 spiro atoms. The van der Waals surface area contributed by atoms with Crippen LogP contribution in [0.25, 0.3) is 21.7 Å². The molecule has 0 atom stereocenters. The van der Waals surface area contributed by atoms with Crippen LogP contribution in [0.5, 0.6) is 0 Å². The van der Waals surface area contributed by atoms with Gasteiger partial charge in [-0.05, 0) is 39.9 Å². The molecule has 0 saturated heterocycles. The lowest BCUT2D eigenvalue weighted by Gasteiger charge is -2.09. The second kappa shape index (κ2) is 4.94. The predicted octanol–water partition coefficient (Wildman–Crippen LogP) is 5.50. The second-order valence-electron chi connectivity index (χ2n) is 5.29. The fourth-order valence-electron chi connectivity index (χ4n) is 2.91. The summed E-state index contributed by atoms with van der Waals surface area (Å²) in [5.74, 6) is 0. The van der Waals surface area contributed by atoms with E-state index in [1.54, 1.807) is 0 Å². The van der Waals surface area contributed by atoms with E-state index in [1.807, 2.05) is 12.1 Å². The lowest BCUT2D eigenvalue weighted by molar-refractivity contribution is 0.843. The molecule has 1 heterocycles. The fourth-order valence-corrected chi connectivity index (χ4v) is 3.08. The molecule has 102 valence electrons. The van der Waals surface area contributed by atoms with Gasteiger partial charge < -0.3 is 4.57 Å². The van der Waals surface area contributed by atoms with Crippen molar-refractivity contribution in [2.75, 3.05) is 0 Å². The van der Waals surface area contributed by atoms with E-state index in [1.165, 1.54) is 27.2 Å². The van der Waals surface area contributed by atoms with Crippen LogP contribution in [0.15, 0.2) is 72.9 Å². The number of halogens is 1. The fraction of sp³-hybridized carbons (Fsp3) is 0.0526. The molecule has 0 bridgehead atoms. The van der Waals surface area contributed by atoms with E-state index in [2.05, 4.69) is 65.4 Å². The van der Waals surface area contributed by atoms with E-state index in [9.17, 15) is 0 Å². The van der Waals surface area contributed by atoms with Crippen molar-refractivity contribution in [1.82, 2.24) is 4.57 Å². The molecule has 0 fully saturated rings. The Hall–Kier alpha value is -2.25. The largest absolute Gasteiger partial charge is 0.343 e. The zero-order valence-corrected chi connectivity index (χ0v) is 12.2. The van der Waals surface area contributed by atoms with Crippen LogP contribution in [0.4, 0.5) is 0 Å². The van der Waals surface area contributed by atoms with Gasteiger partial charge in [0.2, 0.25) is 0 Å². The molecule has 21 heavy (non-hydrogen) atoms. The first kappa shape index (κ1) is 12.5. The van der Waals surface area contributed by atoms with Crippen LogP contribution in [0.2, 0.25) is 5.02 Å². The van der Waals surface area contributed by atoms with Crippen LogP contribution in [-0.2, 0) is 6.54 Å². The molecule has 0 N–H and O–H groups in total. The van der Waals surface area contributed by atoms with Crippen molar-refractivity contribution in [1.29, 1.82) is 0 Å². The van der Waals surface area contributed by atoms with Gasteiger partial charge in [-0.1, -0.05) is 60.1 Å². The highest BCUT2D eigenvalue weighted by molar-refractivity contribution is 6.31. The average Bonchev–Trinajstić information content (AvgIpc) is 2.90. The van der Waals surface area contributed by atoms with Crippen LogP contribution in [0, 0.1) is 0 Å². The summed E-state index contributed by atoms with van der Waals surface area (Å²) < 4.78 is 2.25. The van der Waals surface area contributed by atoms with E-state index in [0.717, 1.165) is 11.6 Å². The highest BCUT2D eigenvalue weighted by atomic mass is 35.5. The van der Waals surface area contributed by atoms with Crippen molar-refractivity contribution >= 4 is 33.3 Å². The first-order valence-electron chi connectivity index (χ1n) is 7.02. The van der Waals surface area contributed by atoms with E-state index in [4.69, 9.17) is 11.6 Å². The summed E-state index contributed by atoms with van der Waals surface area (Å²) >= 11 is 6.13. The lowest BCUT2D eigenvalue weighted by atomic mass is 10.0. The highest BCUT2D eigenvalue weighted by Gasteiger charge is 2.05. The summed E-state index contributed by atoms with van der Waals surface area (Å²) in [4.78, 5) is 0. The first-order chi connectivity index (χ1) is 10.3. The second-order valence-corrected chi connectivity index (χ2v) is 5.72. The molecule has 0 amide bonds. The van der Waals surface area contributed by atoms with Crippen molar-refractivity contribution in [3.63, 3.8) is 0 Å². The standard InChI is InChI=1S/C19H14ClN/c20-17-9-8-15-10-11-21(19(15)12-17)13-16-6-3-5-14-4-1-2-7-18(14)16/h1-12H,13H2. The van der Waals surface area contributed by atoms with Gasteiger partial charge in [-0.3, -0.25) is 0 Å². The summed E-state index contributed by atoms with van der Waals surface area (Å²) in [6, 6.07) is 23.2. The Morgan fingerprint density at radius 1 is 0.810 bits per heavy atom. The number of benzene rings is 3. The van der Waals surface area contributed by atoms with Gasteiger partial charge in [0.15, 0.2) is 0 Å². The molecule has 4 rings (SSSR count). The van der Waals surface area contributed by atoms with E-state index in [0.29, 0.717) is 0 Å². The normalized spacial score (nSPS) is 11.3. The summed E-state index contributed by atoms with van der Waals surface area (Å²) in [6.07, 6.45) is 2.13. The summed E-state index contributed by atoms with van der Waals surface area (Å²) in [7, 11) is 0. The molecule has 0 unspecified atom stereocenters. The highest BCUT2D eigenvalue weighted by Crippen LogP contribution is 2.24. The monoisotopic (exact) mass is 291 g/mol. The van der Waals surface area contributed by atoms with Gasteiger partial charge in [-0.2, -0.15) is 0 Å². The molecule has 3 aromatic carbocycles. The number of hydrogen-bond donors (Lipinski definition) is 0. The summed E-state index contributed by atoms with van der Waals surface area (Å²) in [5.41, 5.74) is 2.50. The predicted molar refractivity (Wildman–Crippen MR) is 90.0 cm³/mol. The molecule has 0 aliphatic heterocycles. The number of hydrogen-bond acceptors (Lipinski definition) is 0. The Labute approximate surface area is 128 Å². The van der Waals surface area contributed by atoms with Crippen LogP contribution >= 0.6 is 11.6 Å². The van der Waals surface area contributed by atoms with Crippen LogP contribution in [-0.4, -0.2) is 4.57 Å². The Balaban J connectivity index is 1.85. The molecule has 1 nitrogen and oxygen atoms in total. The summed E-state index contributed by atoms with van der Waals surface area (Å²) in [5, 5.41) is 4.59. The molecule has 0 saturated carbocycles. The zero-order chi connectivity index (χ0) is 14.2. The van der Waals surface area contributed by atoms with Crippen molar-refractivity contribution < 1.29 is 0 Å². The van der Waals surface area contributed by atoms with Gasteiger partial charge in [-0.25, -0.2) is 0 Å². The molecule has 4 aromatic rings. The third-order valence-electron chi connectivity index (χ3n) is 3.96. The Kier molecular flexibility index (Phi) is 2.94. The van der Waals surface area contributed by atoms with Gasteiger partial charge in [-0.15, -0.1) is 0 Å². The number of fused-ring (bicyclic) bond motifs is 2. The lowest BCUT2D eigenvalue weighted by Crippen LogP contribution is -1.98. The van der Waals surface area contributed by atoms with Crippen LogP contribution in [0.3, 0.4) is 0 Å². The number of aromatic nitrogens is 1.